The summed E-state index contributed by atoms with van der Waals surface area (Å²) in [6.45, 7) is 5.98. The molecule has 0 amide bonds. The van der Waals surface area contributed by atoms with Gasteiger partial charge in [0.05, 0.1) is 12.7 Å². The third-order valence-electron chi connectivity index (χ3n) is 3.81. The molecule has 0 aliphatic carbocycles. The van der Waals surface area contributed by atoms with E-state index in [1.54, 1.807) is 0 Å². The first kappa shape index (κ1) is 13.4. The van der Waals surface area contributed by atoms with Gasteiger partial charge in [0, 0.05) is 31.4 Å². The molecule has 3 rings (SSSR count). The van der Waals surface area contributed by atoms with Gasteiger partial charge in [0.1, 0.15) is 11.9 Å². The Morgan fingerprint density at radius 2 is 2.26 bits per heavy atom. The maximum atomic E-state index is 6.04. The number of rotatable bonds is 3. The molecule has 0 spiro atoms. The number of alkyl halides is 1. The summed E-state index contributed by atoms with van der Waals surface area (Å²) in [6.07, 6.45) is 1.65. The van der Waals surface area contributed by atoms with Crippen LogP contribution >= 0.6 is 15.9 Å². The molecule has 0 radical (unpaired) electrons. The highest BCUT2D eigenvalue weighted by atomic mass is 79.9. The Bertz CT molecular complexity index is 452. The normalized spacial score (nSPS) is 27.1. The molecule has 3 nitrogen and oxygen atoms in total. The number of ether oxygens (including phenoxy) is 2. The number of halogens is 1. The van der Waals surface area contributed by atoms with Gasteiger partial charge in [-0.2, -0.15) is 0 Å². The number of aryl methyl sites for hydroxylation is 1. The maximum absolute atomic E-state index is 6.04. The van der Waals surface area contributed by atoms with E-state index in [9.17, 15) is 0 Å². The van der Waals surface area contributed by atoms with Crippen LogP contribution in [-0.4, -0.2) is 48.7 Å². The topological polar surface area (TPSA) is 21.7 Å². The van der Waals surface area contributed by atoms with E-state index in [-0.39, 0.29) is 0 Å². The Labute approximate surface area is 123 Å². The van der Waals surface area contributed by atoms with Crippen LogP contribution in [0.4, 0.5) is 0 Å². The van der Waals surface area contributed by atoms with Crippen LogP contribution < -0.4 is 4.74 Å². The molecular formula is C15H20BrNO2. The molecule has 4 heteroatoms. The number of nitrogens with zero attached hydrogens (tertiary/aromatic N) is 1. The Morgan fingerprint density at radius 3 is 3.11 bits per heavy atom. The molecule has 2 heterocycles. The van der Waals surface area contributed by atoms with E-state index >= 15 is 0 Å². The van der Waals surface area contributed by atoms with Crippen LogP contribution in [0.1, 0.15) is 11.1 Å². The van der Waals surface area contributed by atoms with Gasteiger partial charge in [-0.1, -0.05) is 33.6 Å². The fraction of sp³-hybridized carbons (Fsp3) is 0.600. The smallest absolute Gasteiger partial charge is 0.123 e. The maximum Gasteiger partial charge on any atom is 0.123 e. The number of morpholine rings is 1. The van der Waals surface area contributed by atoms with Crippen molar-refractivity contribution in [3.63, 3.8) is 0 Å². The molecule has 104 valence electrons. The minimum Gasteiger partial charge on any atom is -0.488 e. The zero-order valence-electron chi connectivity index (χ0n) is 11.3. The molecule has 19 heavy (non-hydrogen) atoms. The zero-order valence-corrected chi connectivity index (χ0v) is 12.9. The first-order valence-electron chi connectivity index (χ1n) is 6.90. The SMILES string of the molecule is Cc1ccc2c(c1)CC(CN1CCOC(CBr)C1)O2. The van der Waals surface area contributed by atoms with Crippen molar-refractivity contribution in [3.05, 3.63) is 29.3 Å². The van der Waals surface area contributed by atoms with Crippen molar-refractivity contribution in [1.82, 2.24) is 4.90 Å². The van der Waals surface area contributed by atoms with Crippen molar-refractivity contribution in [2.75, 3.05) is 31.6 Å². The van der Waals surface area contributed by atoms with Crippen LogP contribution in [-0.2, 0) is 11.2 Å². The van der Waals surface area contributed by atoms with Gasteiger partial charge in [-0.3, -0.25) is 4.90 Å². The zero-order chi connectivity index (χ0) is 13.2. The molecule has 0 saturated carbocycles. The van der Waals surface area contributed by atoms with Crippen molar-refractivity contribution in [2.24, 2.45) is 0 Å². The summed E-state index contributed by atoms with van der Waals surface area (Å²) in [6, 6.07) is 6.47. The van der Waals surface area contributed by atoms with E-state index in [2.05, 4.69) is 46.0 Å². The number of benzene rings is 1. The van der Waals surface area contributed by atoms with Crippen molar-refractivity contribution in [1.29, 1.82) is 0 Å². The highest BCUT2D eigenvalue weighted by molar-refractivity contribution is 9.09. The lowest BCUT2D eigenvalue weighted by molar-refractivity contribution is -0.0246. The van der Waals surface area contributed by atoms with Gasteiger partial charge in [0.2, 0.25) is 0 Å². The van der Waals surface area contributed by atoms with E-state index in [1.165, 1.54) is 11.1 Å². The monoisotopic (exact) mass is 325 g/mol. The van der Waals surface area contributed by atoms with E-state index < -0.39 is 0 Å². The first-order valence-corrected chi connectivity index (χ1v) is 8.03. The van der Waals surface area contributed by atoms with Crippen LogP contribution in [0.25, 0.3) is 0 Å². The summed E-state index contributed by atoms with van der Waals surface area (Å²) >= 11 is 3.50. The first-order chi connectivity index (χ1) is 9.24. The van der Waals surface area contributed by atoms with Crippen LogP contribution in [0.5, 0.6) is 5.75 Å². The van der Waals surface area contributed by atoms with E-state index in [0.717, 1.165) is 43.7 Å². The van der Waals surface area contributed by atoms with Crippen molar-refractivity contribution in [2.45, 2.75) is 25.6 Å². The summed E-state index contributed by atoms with van der Waals surface area (Å²) in [5, 5.41) is 0.911. The summed E-state index contributed by atoms with van der Waals surface area (Å²) in [4.78, 5) is 2.46. The number of fused-ring (bicyclic) bond motifs is 1. The van der Waals surface area contributed by atoms with Gasteiger partial charge < -0.3 is 9.47 Å². The van der Waals surface area contributed by atoms with E-state index in [0.29, 0.717) is 12.2 Å². The Hall–Kier alpha value is -0.580. The molecule has 0 N–H and O–H groups in total. The highest BCUT2D eigenvalue weighted by Crippen LogP contribution is 2.30. The molecule has 0 bridgehead atoms. The fourth-order valence-corrected chi connectivity index (χ4v) is 3.27. The predicted molar refractivity (Wildman–Crippen MR) is 79.3 cm³/mol. The second kappa shape index (κ2) is 5.81. The molecular weight excluding hydrogens is 306 g/mol. The Balaban J connectivity index is 1.58. The van der Waals surface area contributed by atoms with Crippen molar-refractivity contribution >= 4 is 15.9 Å². The lowest BCUT2D eigenvalue weighted by Gasteiger charge is -2.33. The largest absolute Gasteiger partial charge is 0.488 e. The second-order valence-corrected chi connectivity index (χ2v) is 6.11. The predicted octanol–water partition coefficient (Wildman–Crippen LogP) is 2.39. The number of hydrogen-bond acceptors (Lipinski definition) is 3. The van der Waals surface area contributed by atoms with Crippen molar-refractivity contribution in [3.8, 4) is 5.75 Å². The second-order valence-electron chi connectivity index (χ2n) is 5.46. The molecule has 1 aromatic carbocycles. The summed E-state index contributed by atoms with van der Waals surface area (Å²) in [5.74, 6) is 1.07. The third-order valence-corrected chi connectivity index (χ3v) is 4.54. The molecule has 1 fully saturated rings. The molecule has 0 aromatic heterocycles. The molecule has 1 saturated heterocycles. The highest BCUT2D eigenvalue weighted by Gasteiger charge is 2.27. The average Bonchev–Trinajstić information content (AvgIpc) is 2.80. The summed E-state index contributed by atoms with van der Waals surface area (Å²) < 4.78 is 11.7. The van der Waals surface area contributed by atoms with E-state index in [1.807, 2.05) is 0 Å². The molecule has 2 unspecified atom stereocenters. The molecule has 2 aliphatic heterocycles. The van der Waals surface area contributed by atoms with Crippen LogP contribution in [0, 0.1) is 6.92 Å². The quantitative estimate of drug-likeness (QED) is 0.796. The standard InChI is InChI=1S/C15H20BrNO2/c1-11-2-3-15-12(6-11)7-13(19-15)9-17-4-5-18-14(8-16)10-17/h2-3,6,13-14H,4-5,7-10H2,1H3. The summed E-state index contributed by atoms with van der Waals surface area (Å²) in [5.41, 5.74) is 2.67. The lowest BCUT2D eigenvalue weighted by Crippen LogP contribution is -2.46. The van der Waals surface area contributed by atoms with Gasteiger partial charge in [-0.25, -0.2) is 0 Å². The Kier molecular flexibility index (Phi) is 4.10. The van der Waals surface area contributed by atoms with Crippen molar-refractivity contribution < 1.29 is 9.47 Å². The van der Waals surface area contributed by atoms with Gasteiger partial charge in [-0.15, -0.1) is 0 Å². The molecule has 2 aliphatic rings. The molecule has 1 aromatic rings. The number of hydrogen-bond donors (Lipinski definition) is 0. The van der Waals surface area contributed by atoms with Crippen LogP contribution in [0.15, 0.2) is 18.2 Å². The minimum absolute atomic E-state index is 0.297. The third kappa shape index (κ3) is 3.12. The minimum atomic E-state index is 0.297. The van der Waals surface area contributed by atoms with Crippen LogP contribution in [0.3, 0.4) is 0 Å². The fourth-order valence-electron chi connectivity index (χ4n) is 2.88. The van der Waals surface area contributed by atoms with Gasteiger partial charge in [-0.05, 0) is 18.6 Å². The average molecular weight is 326 g/mol. The Morgan fingerprint density at radius 1 is 1.37 bits per heavy atom. The van der Waals surface area contributed by atoms with Gasteiger partial charge in [0.25, 0.3) is 0 Å². The summed E-state index contributed by atoms with van der Waals surface area (Å²) in [7, 11) is 0. The van der Waals surface area contributed by atoms with Crippen LogP contribution in [0.2, 0.25) is 0 Å². The molecule has 2 atom stereocenters. The van der Waals surface area contributed by atoms with E-state index in [4.69, 9.17) is 9.47 Å². The van der Waals surface area contributed by atoms with Gasteiger partial charge in [0.15, 0.2) is 0 Å². The van der Waals surface area contributed by atoms with Gasteiger partial charge >= 0.3 is 0 Å². The lowest BCUT2D eigenvalue weighted by atomic mass is 10.1.